The average molecular weight is 215 g/mol. The number of hydrogen-bond donors (Lipinski definition) is 2. The number of carbonyl (C=O) groups excluding carboxylic acids is 1. The molecule has 0 spiro atoms. The Hall–Kier alpha value is -0.650. The first-order chi connectivity index (χ1) is 7.25. The van der Waals surface area contributed by atoms with Crippen LogP contribution in [0.3, 0.4) is 0 Å². The van der Waals surface area contributed by atoms with Crippen LogP contribution in [0, 0.1) is 0 Å². The van der Waals surface area contributed by atoms with Crippen molar-refractivity contribution in [2.75, 3.05) is 46.9 Å². The molecule has 0 aromatic carbocycles. The molecular formula is C10H21N3O2. The summed E-state index contributed by atoms with van der Waals surface area (Å²) in [5.74, 6) is 0.112. The molecule has 2 N–H and O–H groups in total. The van der Waals surface area contributed by atoms with Crippen LogP contribution in [0.5, 0.6) is 0 Å². The lowest BCUT2D eigenvalue weighted by molar-refractivity contribution is -0.126. The van der Waals surface area contributed by atoms with Gasteiger partial charge in [0.2, 0.25) is 5.91 Å². The van der Waals surface area contributed by atoms with Gasteiger partial charge < -0.3 is 15.4 Å². The highest BCUT2D eigenvalue weighted by Crippen LogP contribution is 1.99. The molecule has 1 fully saturated rings. The Morgan fingerprint density at radius 3 is 3.13 bits per heavy atom. The van der Waals surface area contributed by atoms with Crippen LogP contribution < -0.4 is 10.6 Å². The van der Waals surface area contributed by atoms with Crippen LogP contribution in [0.25, 0.3) is 0 Å². The minimum Gasteiger partial charge on any atom is -0.385 e. The molecule has 1 aliphatic rings. The highest BCUT2D eigenvalue weighted by atomic mass is 16.5. The van der Waals surface area contributed by atoms with Crippen molar-refractivity contribution in [3.05, 3.63) is 0 Å². The van der Waals surface area contributed by atoms with E-state index in [0.717, 1.165) is 26.1 Å². The molecule has 0 aromatic heterocycles. The molecule has 1 heterocycles. The molecule has 88 valence electrons. The summed E-state index contributed by atoms with van der Waals surface area (Å²) in [4.78, 5) is 13.8. The fourth-order valence-electron chi connectivity index (χ4n) is 1.64. The first-order valence-corrected chi connectivity index (χ1v) is 5.43. The molecule has 1 unspecified atom stereocenters. The molecule has 1 atom stereocenters. The van der Waals surface area contributed by atoms with Crippen molar-refractivity contribution in [1.29, 1.82) is 0 Å². The quantitative estimate of drug-likeness (QED) is 0.580. The van der Waals surface area contributed by atoms with Gasteiger partial charge in [0.15, 0.2) is 0 Å². The van der Waals surface area contributed by atoms with E-state index in [0.29, 0.717) is 13.2 Å². The highest BCUT2D eigenvalue weighted by molar-refractivity contribution is 5.82. The van der Waals surface area contributed by atoms with Crippen LogP contribution in [0.15, 0.2) is 0 Å². The fraction of sp³-hybridized carbons (Fsp3) is 0.900. The van der Waals surface area contributed by atoms with Crippen molar-refractivity contribution in [3.63, 3.8) is 0 Å². The summed E-state index contributed by atoms with van der Waals surface area (Å²) in [7, 11) is 3.65. The van der Waals surface area contributed by atoms with Gasteiger partial charge in [-0.05, 0) is 13.5 Å². The summed E-state index contributed by atoms with van der Waals surface area (Å²) in [5, 5.41) is 6.14. The minimum absolute atomic E-state index is 0.0266. The molecular weight excluding hydrogens is 194 g/mol. The summed E-state index contributed by atoms with van der Waals surface area (Å²) in [5.41, 5.74) is 0. The summed E-state index contributed by atoms with van der Waals surface area (Å²) >= 11 is 0. The van der Waals surface area contributed by atoms with E-state index in [1.165, 1.54) is 0 Å². The van der Waals surface area contributed by atoms with E-state index in [1.54, 1.807) is 7.11 Å². The third-order valence-electron chi connectivity index (χ3n) is 2.64. The van der Waals surface area contributed by atoms with Gasteiger partial charge in [-0.25, -0.2) is 0 Å². The third kappa shape index (κ3) is 4.15. The van der Waals surface area contributed by atoms with Crippen molar-refractivity contribution in [1.82, 2.24) is 15.5 Å². The van der Waals surface area contributed by atoms with Crippen molar-refractivity contribution in [3.8, 4) is 0 Å². The van der Waals surface area contributed by atoms with Gasteiger partial charge in [-0.3, -0.25) is 9.69 Å². The molecule has 5 heteroatoms. The molecule has 1 rings (SSSR count). The molecule has 0 aromatic rings. The SMILES string of the molecule is COCCCNC(=O)C1CNCCN1C. The Balaban J connectivity index is 2.20. The minimum atomic E-state index is -0.0266. The third-order valence-corrected chi connectivity index (χ3v) is 2.64. The molecule has 1 aliphatic heterocycles. The van der Waals surface area contributed by atoms with E-state index in [4.69, 9.17) is 4.74 Å². The van der Waals surface area contributed by atoms with E-state index >= 15 is 0 Å². The number of nitrogens with one attached hydrogen (secondary N) is 2. The van der Waals surface area contributed by atoms with Gasteiger partial charge in [0.05, 0.1) is 0 Å². The zero-order valence-corrected chi connectivity index (χ0v) is 9.58. The lowest BCUT2D eigenvalue weighted by Gasteiger charge is -2.31. The Morgan fingerprint density at radius 2 is 2.47 bits per heavy atom. The van der Waals surface area contributed by atoms with Crippen LogP contribution >= 0.6 is 0 Å². The van der Waals surface area contributed by atoms with Crippen LogP contribution in [0.1, 0.15) is 6.42 Å². The van der Waals surface area contributed by atoms with Crippen molar-refractivity contribution < 1.29 is 9.53 Å². The van der Waals surface area contributed by atoms with E-state index in [9.17, 15) is 4.79 Å². The van der Waals surface area contributed by atoms with E-state index in [1.807, 2.05) is 7.05 Å². The number of piperazine rings is 1. The van der Waals surface area contributed by atoms with E-state index < -0.39 is 0 Å². The zero-order valence-electron chi connectivity index (χ0n) is 9.58. The number of rotatable bonds is 5. The van der Waals surface area contributed by atoms with Crippen molar-refractivity contribution in [2.24, 2.45) is 0 Å². The zero-order chi connectivity index (χ0) is 11.1. The Kier molecular flexibility index (Phi) is 5.60. The number of nitrogens with zero attached hydrogens (tertiary/aromatic N) is 1. The molecule has 0 saturated carbocycles. The standard InChI is InChI=1S/C10H21N3O2/c1-13-6-5-11-8-9(13)10(14)12-4-3-7-15-2/h9,11H,3-8H2,1-2H3,(H,12,14). The molecule has 0 radical (unpaired) electrons. The largest absolute Gasteiger partial charge is 0.385 e. The monoisotopic (exact) mass is 215 g/mol. The van der Waals surface area contributed by atoms with Gasteiger partial charge in [0.25, 0.3) is 0 Å². The average Bonchev–Trinajstić information content (AvgIpc) is 2.25. The predicted octanol–water partition coefficient (Wildman–Crippen LogP) is -0.957. The first-order valence-electron chi connectivity index (χ1n) is 5.43. The van der Waals surface area contributed by atoms with Crippen molar-refractivity contribution in [2.45, 2.75) is 12.5 Å². The Bertz CT molecular complexity index is 199. The lowest BCUT2D eigenvalue weighted by Crippen LogP contribution is -2.56. The number of ether oxygens (including phenoxy) is 1. The van der Waals surface area contributed by atoms with Crippen LogP contribution in [0.2, 0.25) is 0 Å². The fourth-order valence-corrected chi connectivity index (χ4v) is 1.64. The van der Waals surface area contributed by atoms with Gasteiger partial charge in [-0.1, -0.05) is 0 Å². The van der Waals surface area contributed by atoms with Crippen LogP contribution in [-0.2, 0) is 9.53 Å². The van der Waals surface area contributed by atoms with Gasteiger partial charge in [-0.15, -0.1) is 0 Å². The molecule has 5 nitrogen and oxygen atoms in total. The number of likely N-dealkylation sites (N-methyl/N-ethyl adjacent to an activating group) is 1. The Labute approximate surface area is 91.2 Å². The maximum atomic E-state index is 11.7. The second-order valence-electron chi connectivity index (χ2n) is 3.84. The van der Waals surface area contributed by atoms with Crippen LogP contribution in [-0.4, -0.2) is 63.8 Å². The smallest absolute Gasteiger partial charge is 0.238 e. The maximum Gasteiger partial charge on any atom is 0.238 e. The number of hydrogen-bond acceptors (Lipinski definition) is 4. The first kappa shape index (κ1) is 12.4. The van der Waals surface area contributed by atoms with Gasteiger partial charge in [0.1, 0.15) is 6.04 Å². The summed E-state index contributed by atoms with van der Waals surface area (Å²) in [6, 6.07) is -0.0266. The van der Waals surface area contributed by atoms with Gasteiger partial charge in [-0.2, -0.15) is 0 Å². The second kappa shape index (κ2) is 6.76. The number of carbonyl (C=O) groups is 1. The molecule has 1 saturated heterocycles. The number of methoxy groups -OCH3 is 1. The number of amides is 1. The normalized spacial score (nSPS) is 22.7. The summed E-state index contributed by atoms with van der Waals surface area (Å²) in [6.07, 6.45) is 0.867. The lowest BCUT2D eigenvalue weighted by atomic mass is 10.2. The summed E-state index contributed by atoms with van der Waals surface area (Å²) < 4.78 is 4.92. The summed E-state index contributed by atoms with van der Waals surface area (Å²) in [6.45, 7) is 4.02. The predicted molar refractivity (Wildman–Crippen MR) is 58.8 cm³/mol. The van der Waals surface area contributed by atoms with Gasteiger partial charge in [0, 0.05) is 39.9 Å². The molecule has 15 heavy (non-hydrogen) atoms. The van der Waals surface area contributed by atoms with Crippen molar-refractivity contribution >= 4 is 5.91 Å². The molecule has 1 amide bonds. The highest BCUT2D eigenvalue weighted by Gasteiger charge is 2.24. The van der Waals surface area contributed by atoms with E-state index in [-0.39, 0.29) is 11.9 Å². The van der Waals surface area contributed by atoms with E-state index in [2.05, 4.69) is 15.5 Å². The Morgan fingerprint density at radius 1 is 1.67 bits per heavy atom. The molecule has 0 aliphatic carbocycles. The maximum absolute atomic E-state index is 11.7. The molecule has 0 bridgehead atoms. The van der Waals surface area contributed by atoms with Crippen LogP contribution in [0.4, 0.5) is 0 Å². The topological polar surface area (TPSA) is 53.6 Å². The second-order valence-corrected chi connectivity index (χ2v) is 3.84. The van der Waals surface area contributed by atoms with Gasteiger partial charge >= 0.3 is 0 Å².